The van der Waals surface area contributed by atoms with E-state index in [1.165, 1.54) is 18.4 Å². The van der Waals surface area contributed by atoms with Crippen LogP contribution in [0.15, 0.2) is 74.8 Å². The first-order valence-electron chi connectivity index (χ1n) is 13.8. The van der Waals surface area contributed by atoms with Gasteiger partial charge >= 0.3 is 0 Å². The molecule has 0 saturated heterocycles. The molecule has 1 fully saturated rings. The Kier molecular flexibility index (Phi) is 6.59. The molecule has 0 atom stereocenters. The Morgan fingerprint density at radius 2 is 1.89 bits per heavy atom. The Morgan fingerprint density at radius 1 is 1.19 bits per heavy atom. The number of benzene rings is 1. The van der Waals surface area contributed by atoms with E-state index >= 15 is 0 Å². The van der Waals surface area contributed by atoms with E-state index in [1.807, 2.05) is 32.1 Å². The zero-order valence-corrected chi connectivity index (χ0v) is 22.8. The Morgan fingerprint density at radius 3 is 2.54 bits per heavy atom. The van der Waals surface area contributed by atoms with E-state index in [9.17, 15) is 14.7 Å². The summed E-state index contributed by atoms with van der Waals surface area (Å²) in [4.78, 5) is 32.9. The van der Waals surface area contributed by atoms with Crippen molar-refractivity contribution in [1.82, 2.24) is 0 Å². The maximum atomic E-state index is 13.4. The summed E-state index contributed by atoms with van der Waals surface area (Å²) in [5, 5.41) is 11.1. The zero-order chi connectivity index (χ0) is 26.5. The molecule has 2 heterocycles. The van der Waals surface area contributed by atoms with Gasteiger partial charge in [0.25, 0.3) is 0 Å². The van der Waals surface area contributed by atoms with Crippen LogP contribution < -0.4 is 4.90 Å². The number of allylic oxidation sites excluding steroid dienone is 6. The summed E-state index contributed by atoms with van der Waals surface area (Å²) >= 11 is 0. The SMILES string of the molecule is CCC1=C(C)/C(=C2\C(=O)C(/C=C3/N(CCCC(=O)C4CCCC4)c4ccccc4C3(C)C)=C2O)N=C1C. The minimum atomic E-state index is -0.337. The highest BCUT2D eigenvalue weighted by atomic mass is 16.3. The lowest BCUT2D eigenvalue weighted by molar-refractivity contribution is -0.122. The first-order chi connectivity index (χ1) is 17.7. The maximum Gasteiger partial charge on any atom is 0.202 e. The predicted octanol–water partition coefficient (Wildman–Crippen LogP) is 7.06. The first-order valence-corrected chi connectivity index (χ1v) is 13.8. The normalized spacial score (nSPS) is 24.4. The van der Waals surface area contributed by atoms with Gasteiger partial charge in [0.1, 0.15) is 11.5 Å². The molecule has 1 aromatic rings. The van der Waals surface area contributed by atoms with Crippen LogP contribution in [0.2, 0.25) is 0 Å². The van der Waals surface area contributed by atoms with Gasteiger partial charge in [0.15, 0.2) is 0 Å². The number of aliphatic hydroxyl groups excluding tert-OH is 1. The van der Waals surface area contributed by atoms with Crippen molar-refractivity contribution >= 4 is 23.0 Å². The van der Waals surface area contributed by atoms with E-state index in [-0.39, 0.29) is 22.9 Å². The van der Waals surface area contributed by atoms with Crippen molar-refractivity contribution in [2.75, 3.05) is 11.4 Å². The number of ketones is 2. The summed E-state index contributed by atoms with van der Waals surface area (Å²) in [6.45, 7) is 11.0. The van der Waals surface area contributed by atoms with Crippen molar-refractivity contribution in [3.05, 3.63) is 75.4 Å². The second-order valence-corrected chi connectivity index (χ2v) is 11.3. The molecule has 0 unspecified atom stereocenters. The number of carbonyl (C=O) groups is 2. The molecule has 2 aliphatic carbocycles. The molecule has 1 N–H and O–H groups in total. The largest absolute Gasteiger partial charge is 0.506 e. The van der Waals surface area contributed by atoms with Gasteiger partial charge in [0.2, 0.25) is 5.78 Å². The summed E-state index contributed by atoms with van der Waals surface area (Å²) in [5.74, 6) is 0.508. The number of carbonyl (C=O) groups excluding carboxylic acids is 2. The van der Waals surface area contributed by atoms with E-state index in [0.29, 0.717) is 35.6 Å². The molecule has 0 aromatic heterocycles. The van der Waals surface area contributed by atoms with Crippen molar-refractivity contribution in [2.45, 2.75) is 85.0 Å². The highest BCUT2D eigenvalue weighted by Gasteiger charge is 2.43. The molecule has 194 valence electrons. The van der Waals surface area contributed by atoms with Crippen LogP contribution in [0.5, 0.6) is 0 Å². The van der Waals surface area contributed by atoms with Gasteiger partial charge in [-0.25, -0.2) is 0 Å². The number of fused-ring (bicyclic) bond motifs is 1. The monoisotopic (exact) mass is 498 g/mol. The van der Waals surface area contributed by atoms with Crippen LogP contribution >= 0.6 is 0 Å². The summed E-state index contributed by atoms with van der Waals surface area (Å²) in [7, 11) is 0. The van der Waals surface area contributed by atoms with Crippen LogP contribution in [0.3, 0.4) is 0 Å². The first kappa shape index (κ1) is 25.4. The van der Waals surface area contributed by atoms with Gasteiger partial charge in [-0.2, -0.15) is 0 Å². The number of anilines is 1. The number of hydrogen-bond acceptors (Lipinski definition) is 5. The molecular weight excluding hydrogens is 460 g/mol. The fraction of sp³-hybridized carbons (Fsp3) is 0.469. The second kappa shape index (κ2) is 9.59. The second-order valence-electron chi connectivity index (χ2n) is 11.3. The van der Waals surface area contributed by atoms with Crippen molar-refractivity contribution in [3.63, 3.8) is 0 Å². The summed E-state index contributed by atoms with van der Waals surface area (Å²) in [5.41, 5.74) is 7.26. The zero-order valence-electron chi connectivity index (χ0n) is 22.8. The molecule has 0 spiro atoms. The summed E-state index contributed by atoms with van der Waals surface area (Å²) in [6.07, 6.45) is 8.48. The highest BCUT2D eigenvalue weighted by molar-refractivity contribution is 6.22. The average Bonchev–Trinajstić information content (AvgIpc) is 3.56. The Balaban J connectivity index is 1.47. The number of aliphatic imine (C=N–C) groups is 1. The quantitative estimate of drug-likeness (QED) is 0.409. The molecule has 5 rings (SSSR count). The lowest BCUT2D eigenvalue weighted by atomic mass is 9.79. The van der Waals surface area contributed by atoms with Crippen LogP contribution in [0.1, 0.15) is 85.1 Å². The average molecular weight is 499 g/mol. The summed E-state index contributed by atoms with van der Waals surface area (Å²) in [6, 6.07) is 8.31. The van der Waals surface area contributed by atoms with Crippen molar-refractivity contribution in [1.29, 1.82) is 0 Å². The lowest BCUT2D eigenvalue weighted by Crippen LogP contribution is -2.30. The fourth-order valence-corrected chi connectivity index (χ4v) is 6.62. The van der Waals surface area contributed by atoms with E-state index < -0.39 is 0 Å². The van der Waals surface area contributed by atoms with E-state index in [0.717, 1.165) is 53.9 Å². The van der Waals surface area contributed by atoms with Crippen LogP contribution in [0.4, 0.5) is 5.69 Å². The molecule has 5 heteroatoms. The van der Waals surface area contributed by atoms with Gasteiger partial charge in [-0.05, 0) is 68.4 Å². The molecule has 5 nitrogen and oxygen atoms in total. The molecule has 4 aliphatic rings. The number of hydrogen-bond donors (Lipinski definition) is 1. The van der Waals surface area contributed by atoms with Crippen LogP contribution in [0.25, 0.3) is 0 Å². The lowest BCUT2D eigenvalue weighted by Gasteiger charge is -2.29. The van der Waals surface area contributed by atoms with Gasteiger partial charge in [-0.15, -0.1) is 0 Å². The molecular formula is C32H38N2O3. The Labute approximate surface area is 220 Å². The fourth-order valence-electron chi connectivity index (χ4n) is 6.62. The number of Topliss-reactive ketones (excluding diaryl/α,β-unsaturated/α-hetero) is 2. The molecule has 0 amide bonds. The van der Waals surface area contributed by atoms with Crippen LogP contribution in [-0.2, 0) is 15.0 Å². The van der Waals surface area contributed by atoms with Gasteiger partial charge < -0.3 is 10.0 Å². The van der Waals surface area contributed by atoms with Crippen molar-refractivity contribution in [3.8, 4) is 0 Å². The molecule has 37 heavy (non-hydrogen) atoms. The maximum absolute atomic E-state index is 13.4. The number of nitrogens with zero attached hydrogens (tertiary/aromatic N) is 2. The van der Waals surface area contributed by atoms with E-state index in [2.05, 4.69) is 42.8 Å². The molecule has 2 aliphatic heterocycles. The van der Waals surface area contributed by atoms with Gasteiger partial charge in [-0.3, -0.25) is 14.6 Å². The molecule has 0 radical (unpaired) electrons. The topological polar surface area (TPSA) is 70.0 Å². The minimum Gasteiger partial charge on any atom is -0.506 e. The smallest absolute Gasteiger partial charge is 0.202 e. The minimum absolute atomic E-state index is 0.0314. The van der Waals surface area contributed by atoms with E-state index in [1.54, 1.807) is 0 Å². The van der Waals surface area contributed by atoms with Gasteiger partial charge in [0.05, 0.1) is 16.8 Å². The van der Waals surface area contributed by atoms with Crippen LogP contribution in [-0.4, -0.2) is 28.9 Å². The van der Waals surface area contributed by atoms with Gasteiger partial charge in [-0.1, -0.05) is 51.8 Å². The number of para-hydroxylation sites is 1. The third-order valence-electron chi connectivity index (χ3n) is 8.77. The molecule has 0 bridgehead atoms. The Bertz CT molecular complexity index is 1330. The highest BCUT2D eigenvalue weighted by Crippen LogP contribution is 2.49. The molecule has 1 saturated carbocycles. The van der Waals surface area contributed by atoms with Gasteiger partial charge in [0, 0.05) is 41.4 Å². The van der Waals surface area contributed by atoms with Crippen molar-refractivity contribution in [2.24, 2.45) is 10.9 Å². The van der Waals surface area contributed by atoms with Crippen molar-refractivity contribution < 1.29 is 14.7 Å². The standard InChI is InChI=1S/C32H38N2O3/c1-6-22-19(2)29(33-20(22)3)28-30(36)23(31(28)37)18-27-32(4,5)24-14-9-10-15-25(24)34(27)17-11-16-26(35)21-12-7-8-13-21/h9-10,14-15,18,21,36H,6-8,11-13,16-17H2,1-5H3/b27-18+,29-28+. The Hall–Kier alpha value is -3.21. The van der Waals surface area contributed by atoms with Crippen LogP contribution in [0, 0.1) is 5.92 Å². The number of aliphatic hydroxyl groups is 1. The third-order valence-corrected chi connectivity index (χ3v) is 8.77. The predicted molar refractivity (Wildman–Crippen MR) is 149 cm³/mol. The third kappa shape index (κ3) is 4.13. The molecule has 1 aromatic carbocycles. The van der Waals surface area contributed by atoms with E-state index in [4.69, 9.17) is 0 Å². The summed E-state index contributed by atoms with van der Waals surface area (Å²) < 4.78 is 0. The number of rotatable bonds is 7.